The van der Waals surface area contributed by atoms with E-state index in [-0.39, 0.29) is 18.5 Å². The molecule has 0 radical (unpaired) electrons. The first kappa shape index (κ1) is 28.0. The first-order chi connectivity index (χ1) is 18.0. The zero-order valence-corrected chi connectivity index (χ0v) is 22.2. The van der Waals surface area contributed by atoms with Crippen LogP contribution in [0.2, 0.25) is 0 Å². The van der Waals surface area contributed by atoms with E-state index in [2.05, 4.69) is 9.30 Å². The molecule has 0 fully saturated rings. The van der Waals surface area contributed by atoms with Gasteiger partial charge < -0.3 is 28.4 Å². The van der Waals surface area contributed by atoms with E-state index < -0.39 is 0 Å². The molecule has 0 aliphatic heterocycles. The number of hydrogen-bond acceptors (Lipinski definition) is 7. The molecule has 1 heterocycles. The Bertz CT molecular complexity index is 1160. The normalized spacial score (nSPS) is 10.9. The van der Waals surface area contributed by atoms with Crippen LogP contribution in [0.25, 0.3) is 22.4 Å². The summed E-state index contributed by atoms with van der Waals surface area (Å²) in [7, 11) is 6.36. The number of benzene rings is 2. The number of rotatable bonds is 15. The summed E-state index contributed by atoms with van der Waals surface area (Å²) in [4.78, 5) is 29.9. The zero-order chi connectivity index (χ0) is 26.6. The van der Waals surface area contributed by atoms with Crippen molar-refractivity contribution in [2.24, 2.45) is 0 Å². The summed E-state index contributed by atoms with van der Waals surface area (Å²) in [5, 5.41) is 0. The fourth-order valence-corrected chi connectivity index (χ4v) is 4.04. The van der Waals surface area contributed by atoms with Gasteiger partial charge in [0, 0.05) is 45.3 Å². The number of aryl methyl sites for hydroxylation is 1. The Balaban J connectivity index is 1.75. The van der Waals surface area contributed by atoms with Gasteiger partial charge in [0.15, 0.2) is 0 Å². The van der Waals surface area contributed by atoms with Gasteiger partial charge in [-0.1, -0.05) is 0 Å². The van der Waals surface area contributed by atoms with E-state index in [0.717, 1.165) is 59.6 Å². The summed E-state index contributed by atoms with van der Waals surface area (Å²) >= 11 is 0. The average molecular weight is 512 g/mol. The van der Waals surface area contributed by atoms with Gasteiger partial charge in [0.25, 0.3) is 0 Å². The molecule has 1 aromatic heterocycles. The SMILES string of the molecule is COCC(=O)N(C)CCCn1c(-c2ccc(OC)cc2)nc2ccc(OCCCCCC(=O)OC)cc21. The number of amides is 1. The van der Waals surface area contributed by atoms with Crippen LogP contribution in [0.1, 0.15) is 32.1 Å². The summed E-state index contributed by atoms with van der Waals surface area (Å²) in [5.74, 6) is 2.18. The number of esters is 1. The maximum atomic E-state index is 12.1. The number of ether oxygens (including phenoxy) is 4. The van der Waals surface area contributed by atoms with Crippen molar-refractivity contribution in [3.05, 3.63) is 42.5 Å². The van der Waals surface area contributed by atoms with Crippen LogP contribution in [0.3, 0.4) is 0 Å². The molecule has 0 N–H and O–H groups in total. The Labute approximate surface area is 218 Å². The smallest absolute Gasteiger partial charge is 0.305 e. The molecule has 3 aromatic rings. The maximum absolute atomic E-state index is 12.1. The molecular formula is C28H37N3O6. The number of aromatic nitrogens is 2. The Morgan fingerprint density at radius 2 is 1.70 bits per heavy atom. The first-order valence-corrected chi connectivity index (χ1v) is 12.5. The molecular weight excluding hydrogens is 474 g/mol. The van der Waals surface area contributed by atoms with Crippen molar-refractivity contribution in [3.63, 3.8) is 0 Å². The van der Waals surface area contributed by atoms with E-state index in [0.29, 0.717) is 26.1 Å². The molecule has 0 atom stereocenters. The lowest BCUT2D eigenvalue weighted by Gasteiger charge is -2.17. The summed E-state index contributed by atoms with van der Waals surface area (Å²) in [6.45, 7) is 1.93. The highest BCUT2D eigenvalue weighted by Gasteiger charge is 2.15. The summed E-state index contributed by atoms with van der Waals surface area (Å²) in [5.41, 5.74) is 2.83. The molecule has 0 aliphatic carbocycles. The summed E-state index contributed by atoms with van der Waals surface area (Å²) in [6, 6.07) is 13.8. The third kappa shape index (κ3) is 7.95. The van der Waals surface area contributed by atoms with Crippen molar-refractivity contribution < 1.29 is 28.5 Å². The number of imidazole rings is 1. The molecule has 0 bridgehead atoms. The van der Waals surface area contributed by atoms with Crippen LogP contribution in [0, 0.1) is 0 Å². The molecule has 1 amide bonds. The molecule has 0 spiro atoms. The lowest BCUT2D eigenvalue weighted by molar-refractivity contribution is -0.140. The predicted octanol–water partition coefficient (Wildman–Crippen LogP) is 4.32. The van der Waals surface area contributed by atoms with E-state index in [1.165, 1.54) is 14.2 Å². The van der Waals surface area contributed by atoms with Crippen LogP contribution in [0.5, 0.6) is 11.5 Å². The molecule has 0 saturated carbocycles. The molecule has 9 nitrogen and oxygen atoms in total. The molecule has 0 aliphatic rings. The van der Waals surface area contributed by atoms with E-state index in [9.17, 15) is 9.59 Å². The molecule has 37 heavy (non-hydrogen) atoms. The highest BCUT2D eigenvalue weighted by atomic mass is 16.5. The van der Waals surface area contributed by atoms with Gasteiger partial charge in [-0.3, -0.25) is 9.59 Å². The molecule has 0 unspecified atom stereocenters. The first-order valence-electron chi connectivity index (χ1n) is 12.5. The highest BCUT2D eigenvalue weighted by Crippen LogP contribution is 2.29. The largest absolute Gasteiger partial charge is 0.497 e. The van der Waals surface area contributed by atoms with Crippen molar-refractivity contribution in [2.45, 2.75) is 38.6 Å². The molecule has 3 rings (SSSR count). The minimum Gasteiger partial charge on any atom is -0.497 e. The number of carbonyl (C=O) groups excluding carboxylic acids is 2. The van der Waals surface area contributed by atoms with Crippen molar-refractivity contribution in [3.8, 4) is 22.9 Å². The van der Waals surface area contributed by atoms with Gasteiger partial charge in [0.2, 0.25) is 5.91 Å². The van der Waals surface area contributed by atoms with Crippen molar-refractivity contribution in [1.29, 1.82) is 0 Å². The number of hydrogen-bond donors (Lipinski definition) is 0. The van der Waals surface area contributed by atoms with Gasteiger partial charge in [-0.15, -0.1) is 0 Å². The zero-order valence-electron chi connectivity index (χ0n) is 22.2. The minimum atomic E-state index is -0.179. The second-order valence-corrected chi connectivity index (χ2v) is 8.80. The van der Waals surface area contributed by atoms with Crippen LogP contribution < -0.4 is 9.47 Å². The van der Waals surface area contributed by atoms with E-state index in [1.54, 1.807) is 19.1 Å². The van der Waals surface area contributed by atoms with Gasteiger partial charge in [-0.25, -0.2) is 4.98 Å². The second-order valence-electron chi connectivity index (χ2n) is 8.80. The number of likely N-dealkylation sites (N-methyl/N-ethyl adjacent to an activating group) is 1. The average Bonchev–Trinajstić information content (AvgIpc) is 3.28. The van der Waals surface area contributed by atoms with Gasteiger partial charge in [0.05, 0.1) is 31.9 Å². The number of methoxy groups -OCH3 is 3. The fraction of sp³-hybridized carbons (Fsp3) is 0.464. The number of carbonyl (C=O) groups is 2. The van der Waals surface area contributed by atoms with Crippen LogP contribution in [-0.2, 0) is 25.6 Å². The third-order valence-electron chi connectivity index (χ3n) is 6.16. The topological polar surface area (TPSA) is 92.1 Å². The predicted molar refractivity (Wildman–Crippen MR) is 142 cm³/mol. The van der Waals surface area contributed by atoms with Crippen LogP contribution in [-0.4, -0.2) is 74.5 Å². The number of unbranched alkanes of at least 4 members (excludes halogenated alkanes) is 2. The van der Waals surface area contributed by atoms with Crippen LogP contribution in [0.4, 0.5) is 0 Å². The van der Waals surface area contributed by atoms with Gasteiger partial charge in [-0.2, -0.15) is 0 Å². The minimum absolute atomic E-state index is 0.0457. The Hall–Kier alpha value is -3.59. The van der Waals surface area contributed by atoms with Crippen LogP contribution >= 0.6 is 0 Å². The molecule has 9 heteroatoms. The fourth-order valence-electron chi connectivity index (χ4n) is 4.04. The van der Waals surface area contributed by atoms with E-state index in [1.807, 2.05) is 42.5 Å². The molecule has 200 valence electrons. The maximum Gasteiger partial charge on any atom is 0.305 e. The summed E-state index contributed by atoms with van der Waals surface area (Å²) < 4.78 is 23.1. The van der Waals surface area contributed by atoms with Gasteiger partial charge in [0.1, 0.15) is 23.9 Å². The van der Waals surface area contributed by atoms with Gasteiger partial charge in [-0.05, 0) is 62.1 Å². The van der Waals surface area contributed by atoms with E-state index >= 15 is 0 Å². The van der Waals surface area contributed by atoms with Crippen molar-refractivity contribution in [2.75, 3.05) is 48.1 Å². The van der Waals surface area contributed by atoms with E-state index in [4.69, 9.17) is 19.2 Å². The number of fused-ring (bicyclic) bond motifs is 1. The highest BCUT2D eigenvalue weighted by molar-refractivity contribution is 5.82. The quantitative estimate of drug-likeness (QED) is 0.222. The van der Waals surface area contributed by atoms with Crippen molar-refractivity contribution in [1.82, 2.24) is 14.5 Å². The third-order valence-corrected chi connectivity index (χ3v) is 6.16. The Morgan fingerprint density at radius 1 is 0.946 bits per heavy atom. The standard InChI is InChI=1S/C28H37N3O6/c1-30(26(32)20-34-2)16-8-17-31-25-19-23(37-18-7-5-6-9-27(33)36-4)14-15-24(25)29-28(31)21-10-12-22(35-3)13-11-21/h10-15,19H,5-9,16-18,20H2,1-4H3. The van der Waals surface area contributed by atoms with Crippen LogP contribution in [0.15, 0.2) is 42.5 Å². The Kier molecular flexibility index (Phi) is 10.8. The number of nitrogens with zero attached hydrogens (tertiary/aromatic N) is 3. The lowest BCUT2D eigenvalue weighted by atomic mass is 10.2. The second kappa shape index (κ2) is 14.2. The Morgan fingerprint density at radius 3 is 2.41 bits per heavy atom. The lowest BCUT2D eigenvalue weighted by Crippen LogP contribution is -2.31. The molecule has 2 aromatic carbocycles. The van der Waals surface area contributed by atoms with Gasteiger partial charge >= 0.3 is 5.97 Å². The monoisotopic (exact) mass is 511 g/mol. The van der Waals surface area contributed by atoms with Crippen molar-refractivity contribution >= 4 is 22.9 Å². The molecule has 0 saturated heterocycles. The summed E-state index contributed by atoms with van der Waals surface area (Å²) in [6.07, 6.45) is 3.72.